The molecule has 1 saturated carbocycles. The van der Waals surface area contributed by atoms with Gasteiger partial charge in [0.25, 0.3) is 5.78 Å². The van der Waals surface area contributed by atoms with Gasteiger partial charge >= 0.3 is 0 Å². The first-order chi connectivity index (χ1) is 13.4. The zero-order valence-corrected chi connectivity index (χ0v) is 15.3. The summed E-state index contributed by atoms with van der Waals surface area (Å²) in [6.45, 7) is 0.991. The van der Waals surface area contributed by atoms with Crippen LogP contribution in [0.3, 0.4) is 0 Å². The van der Waals surface area contributed by atoms with Gasteiger partial charge in [-0.15, -0.1) is 10.2 Å². The number of rotatable bonds is 4. The summed E-state index contributed by atoms with van der Waals surface area (Å²) in [6.07, 6.45) is 8.38. The topological polar surface area (TPSA) is 46.3 Å². The lowest BCUT2D eigenvalue weighted by molar-refractivity contribution is 0.364. The Kier molecular flexibility index (Phi) is 4.20. The van der Waals surface area contributed by atoms with Gasteiger partial charge in [0.1, 0.15) is 12.1 Å². The van der Waals surface area contributed by atoms with Crippen molar-refractivity contribution in [3.8, 4) is 0 Å². The van der Waals surface area contributed by atoms with Gasteiger partial charge in [-0.25, -0.2) is 0 Å². The molecular weight excluding hydrogens is 334 g/mol. The molecule has 136 valence electrons. The van der Waals surface area contributed by atoms with E-state index in [0.29, 0.717) is 11.7 Å². The lowest BCUT2D eigenvalue weighted by Crippen LogP contribution is -2.27. The first-order valence-corrected chi connectivity index (χ1v) is 9.81. The number of nitrogens with zero attached hydrogens (tertiary/aromatic N) is 5. The third-order valence-electron chi connectivity index (χ3n) is 5.63. The van der Waals surface area contributed by atoms with Crippen LogP contribution in [0.2, 0.25) is 0 Å². The molecule has 4 aromatic rings. The average Bonchev–Trinajstić information content (AvgIpc) is 3.22. The van der Waals surface area contributed by atoms with Gasteiger partial charge in [-0.2, -0.15) is 4.98 Å². The molecule has 2 heterocycles. The Balaban J connectivity index is 1.68. The van der Waals surface area contributed by atoms with Crippen molar-refractivity contribution in [2.75, 3.05) is 11.4 Å². The fourth-order valence-corrected chi connectivity index (χ4v) is 4.26. The zero-order valence-electron chi connectivity index (χ0n) is 15.3. The smallest absolute Gasteiger partial charge is 0.257 e. The van der Waals surface area contributed by atoms with Crippen molar-refractivity contribution in [1.29, 1.82) is 0 Å². The minimum Gasteiger partial charge on any atom is -0.325 e. The van der Waals surface area contributed by atoms with E-state index in [1.165, 1.54) is 37.8 Å². The third kappa shape index (κ3) is 3.03. The van der Waals surface area contributed by atoms with Gasteiger partial charge in [0.15, 0.2) is 0 Å². The molecule has 27 heavy (non-hydrogen) atoms. The van der Waals surface area contributed by atoms with Crippen molar-refractivity contribution < 1.29 is 0 Å². The minimum absolute atomic E-state index is 0.647. The molecule has 1 fully saturated rings. The summed E-state index contributed by atoms with van der Waals surface area (Å²) < 4.78 is 1.96. The van der Waals surface area contributed by atoms with E-state index in [0.717, 1.165) is 23.3 Å². The predicted octanol–water partition coefficient (Wildman–Crippen LogP) is 5.00. The van der Waals surface area contributed by atoms with Crippen LogP contribution in [0.15, 0.2) is 60.9 Å². The normalized spacial score (nSPS) is 15.4. The van der Waals surface area contributed by atoms with Gasteiger partial charge in [-0.1, -0.05) is 49.6 Å². The van der Waals surface area contributed by atoms with Crippen molar-refractivity contribution in [1.82, 2.24) is 19.6 Å². The first-order valence-electron chi connectivity index (χ1n) is 9.81. The van der Waals surface area contributed by atoms with E-state index in [9.17, 15) is 0 Å². The van der Waals surface area contributed by atoms with Gasteiger partial charge in [0, 0.05) is 17.6 Å². The largest absolute Gasteiger partial charge is 0.325 e. The molecule has 5 heteroatoms. The van der Waals surface area contributed by atoms with Gasteiger partial charge in [-0.05, 0) is 43.0 Å². The number of benzene rings is 2. The Morgan fingerprint density at radius 1 is 0.926 bits per heavy atom. The Labute approximate surface area is 158 Å². The van der Waals surface area contributed by atoms with Crippen molar-refractivity contribution in [3.63, 3.8) is 0 Å². The highest BCUT2D eigenvalue weighted by Gasteiger charge is 2.22. The van der Waals surface area contributed by atoms with Gasteiger partial charge < -0.3 is 4.90 Å². The highest BCUT2D eigenvalue weighted by molar-refractivity contribution is 5.93. The van der Waals surface area contributed by atoms with Crippen molar-refractivity contribution in [3.05, 3.63) is 60.9 Å². The number of fused-ring (bicyclic) bond motifs is 3. The summed E-state index contributed by atoms with van der Waals surface area (Å²) in [5, 5.41) is 9.43. The predicted molar refractivity (Wildman–Crippen MR) is 108 cm³/mol. The fourth-order valence-electron chi connectivity index (χ4n) is 4.26. The van der Waals surface area contributed by atoms with Gasteiger partial charge in [0.2, 0.25) is 0 Å². The molecular formula is C22H23N5. The highest BCUT2D eigenvalue weighted by Crippen LogP contribution is 2.34. The van der Waals surface area contributed by atoms with Gasteiger partial charge in [0.05, 0.1) is 5.52 Å². The molecule has 0 amide bonds. The van der Waals surface area contributed by atoms with E-state index in [-0.39, 0.29) is 0 Å². The van der Waals surface area contributed by atoms with E-state index >= 15 is 0 Å². The molecule has 1 aliphatic carbocycles. The average molecular weight is 357 g/mol. The molecule has 2 aromatic heterocycles. The van der Waals surface area contributed by atoms with Crippen LogP contribution in [0, 0.1) is 5.92 Å². The molecule has 1 aliphatic rings. The summed E-state index contributed by atoms with van der Waals surface area (Å²) in [5.74, 6) is 2.32. The molecule has 0 aliphatic heterocycles. The molecule has 0 radical (unpaired) electrons. The van der Waals surface area contributed by atoms with Crippen LogP contribution in [0.25, 0.3) is 16.7 Å². The Morgan fingerprint density at radius 3 is 2.56 bits per heavy atom. The number of hydrogen-bond donors (Lipinski definition) is 0. The van der Waals surface area contributed by atoms with Gasteiger partial charge in [-0.3, -0.25) is 4.40 Å². The number of anilines is 2. The maximum absolute atomic E-state index is 4.92. The number of aromatic nitrogens is 4. The summed E-state index contributed by atoms with van der Waals surface area (Å²) >= 11 is 0. The molecule has 5 nitrogen and oxygen atoms in total. The highest BCUT2D eigenvalue weighted by atomic mass is 15.3. The quantitative estimate of drug-likeness (QED) is 0.516. The molecule has 0 N–H and O–H groups in total. The van der Waals surface area contributed by atoms with E-state index < -0.39 is 0 Å². The maximum atomic E-state index is 4.92. The lowest BCUT2D eigenvalue weighted by Gasteiger charge is -2.31. The summed E-state index contributed by atoms with van der Waals surface area (Å²) in [6, 6.07) is 19.0. The molecule has 0 saturated heterocycles. The first kappa shape index (κ1) is 16.2. The van der Waals surface area contributed by atoms with E-state index in [1.54, 1.807) is 6.33 Å². The summed E-state index contributed by atoms with van der Waals surface area (Å²) in [7, 11) is 0. The van der Waals surface area contributed by atoms with Crippen LogP contribution in [0.1, 0.15) is 32.1 Å². The van der Waals surface area contributed by atoms with Crippen LogP contribution < -0.4 is 4.90 Å². The molecule has 0 atom stereocenters. The molecule has 0 spiro atoms. The number of para-hydroxylation sites is 2. The molecule has 5 rings (SSSR count). The standard InChI is InChI=1S/C22H23N5/c1-3-9-17(10-4-1)15-26(18-11-5-2-6-12-18)21-19-13-7-8-14-20(19)27-16-23-25-22(27)24-21/h2,5-8,11-14,16-17H,1,3-4,9-10,15H2. The van der Waals surface area contributed by atoms with Crippen molar-refractivity contribution >= 4 is 28.2 Å². The van der Waals surface area contributed by atoms with E-state index in [1.807, 2.05) is 4.40 Å². The Bertz CT molecular complexity index is 1050. The van der Waals surface area contributed by atoms with Crippen LogP contribution in [0.4, 0.5) is 11.5 Å². The van der Waals surface area contributed by atoms with E-state index in [4.69, 9.17) is 4.98 Å². The fraction of sp³-hybridized carbons (Fsp3) is 0.318. The van der Waals surface area contributed by atoms with Crippen LogP contribution in [0.5, 0.6) is 0 Å². The summed E-state index contributed by atoms with van der Waals surface area (Å²) in [5.41, 5.74) is 2.27. The molecule has 2 aromatic carbocycles. The monoisotopic (exact) mass is 357 g/mol. The Hall–Kier alpha value is -2.95. The second-order valence-electron chi connectivity index (χ2n) is 7.40. The van der Waals surface area contributed by atoms with Crippen molar-refractivity contribution in [2.24, 2.45) is 5.92 Å². The van der Waals surface area contributed by atoms with E-state index in [2.05, 4.69) is 69.7 Å². The Morgan fingerprint density at radius 2 is 1.70 bits per heavy atom. The minimum atomic E-state index is 0.647. The van der Waals surface area contributed by atoms with Crippen LogP contribution in [-0.4, -0.2) is 26.1 Å². The second kappa shape index (κ2) is 6.99. The zero-order chi connectivity index (χ0) is 18.1. The van der Waals surface area contributed by atoms with Crippen molar-refractivity contribution in [2.45, 2.75) is 32.1 Å². The van der Waals surface area contributed by atoms with Crippen LogP contribution >= 0.6 is 0 Å². The summed E-state index contributed by atoms with van der Waals surface area (Å²) in [4.78, 5) is 7.30. The SMILES string of the molecule is c1ccc(N(CC2CCCCC2)c2nc3nncn3c3ccccc23)cc1. The second-order valence-corrected chi connectivity index (χ2v) is 7.40. The maximum Gasteiger partial charge on any atom is 0.257 e. The van der Waals surface area contributed by atoms with Crippen LogP contribution in [-0.2, 0) is 0 Å². The molecule has 0 unspecified atom stereocenters. The number of hydrogen-bond acceptors (Lipinski definition) is 4. The third-order valence-corrected chi connectivity index (χ3v) is 5.63. The molecule has 0 bridgehead atoms. The lowest BCUT2D eigenvalue weighted by atomic mass is 9.88.